The van der Waals surface area contributed by atoms with Crippen molar-refractivity contribution in [3.8, 4) is 0 Å². The largest absolute Gasteiger partial charge is 0.443 e. The van der Waals surface area contributed by atoms with Gasteiger partial charge in [-0.05, 0) is 20.8 Å². The van der Waals surface area contributed by atoms with Gasteiger partial charge in [0.15, 0.2) is 6.07 Å². The molecule has 0 saturated carbocycles. The first-order valence-electron chi connectivity index (χ1n) is 3.58. The molecule has 0 aliphatic heterocycles. The molecule has 0 aromatic rings. The molecule has 0 aromatic heterocycles. The molecule has 0 unspecified atom stereocenters. The van der Waals surface area contributed by atoms with Crippen molar-refractivity contribution < 1.29 is 19.1 Å². The minimum atomic E-state index is -0.927. The number of halogens is 1. The number of ether oxygens (including phenoxy) is 2. The Morgan fingerprint density at radius 3 is 2.23 bits per heavy atom. The Morgan fingerprint density at radius 2 is 1.85 bits per heavy atom. The van der Waals surface area contributed by atoms with Crippen LogP contribution in [0.2, 0.25) is 0 Å². The molecule has 0 heterocycles. The Morgan fingerprint density at radius 1 is 1.31 bits per heavy atom. The molecule has 0 aliphatic rings. The Labute approximate surface area is 81.3 Å². The Balaban J connectivity index is 3.82. The zero-order valence-corrected chi connectivity index (χ0v) is 8.47. The van der Waals surface area contributed by atoms with Crippen molar-refractivity contribution in [1.82, 2.24) is 5.32 Å². The first-order chi connectivity index (χ1) is 5.85. The predicted octanol–water partition coefficient (Wildman–Crippen LogP) is 1.84. The Hall–Kier alpha value is -0.970. The fourth-order valence-corrected chi connectivity index (χ4v) is 0.572. The summed E-state index contributed by atoms with van der Waals surface area (Å²) in [7, 11) is 0. The van der Waals surface area contributed by atoms with E-state index < -0.39 is 17.8 Å². The summed E-state index contributed by atoms with van der Waals surface area (Å²) in [5.41, 5.74) is -0.647. The fourth-order valence-electron chi connectivity index (χ4n) is 0.473. The second kappa shape index (κ2) is 4.91. The van der Waals surface area contributed by atoms with Crippen LogP contribution in [0.3, 0.4) is 0 Å². The summed E-state index contributed by atoms with van der Waals surface area (Å²) >= 11 is 5.08. The number of nitrogens with one attached hydrogen (secondary N) is 1. The summed E-state index contributed by atoms with van der Waals surface area (Å²) in [5.74, 6) is 0. The van der Waals surface area contributed by atoms with E-state index >= 15 is 0 Å². The van der Waals surface area contributed by atoms with Crippen LogP contribution < -0.4 is 5.32 Å². The zero-order valence-electron chi connectivity index (χ0n) is 7.72. The first-order valence-corrected chi connectivity index (χ1v) is 4.11. The normalized spacial score (nSPS) is 10.5. The molecule has 0 spiro atoms. The van der Waals surface area contributed by atoms with E-state index in [1.165, 1.54) is 0 Å². The van der Waals surface area contributed by atoms with Crippen molar-refractivity contribution in [3.63, 3.8) is 0 Å². The minimum absolute atomic E-state index is 0.311. The summed E-state index contributed by atoms with van der Waals surface area (Å²) < 4.78 is 9.00. The maximum Gasteiger partial charge on any atom is 0.417 e. The van der Waals surface area contributed by atoms with Gasteiger partial charge in [-0.1, -0.05) is 11.6 Å². The zero-order chi connectivity index (χ0) is 10.5. The van der Waals surface area contributed by atoms with Crippen LogP contribution in [-0.2, 0) is 9.47 Å². The molecule has 0 radical (unpaired) electrons. The van der Waals surface area contributed by atoms with Crippen LogP contribution in [0.15, 0.2) is 0 Å². The second-order valence-corrected chi connectivity index (χ2v) is 3.39. The van der Waals surface area contributed by atoms with E-state index in [2.05, 4.69) is 4.74 Å². The van der Waals surface area contributed by atoms with Crippen LogP contribution in [0.1, 0.15) is 20.8 Å². The van der Waals surface area contributed by atoms with Gasteiger partial charge in [-0.25, -0.2) is 14.9 Å². The summed E-state index contributed by atoms with van der Waals surface area (Å²) in [5, 5.41) is 1.83. The van der Waals surface area contributed by atoms with Gasteiger partial charge in [-0.3, -0.25) is 0 Å². The standard InChI is InChI=1S/C7H12ClNO4/c1-7(2,3)13-6(11)9-5(10)12-4-8/h4H2,1-3H3,(H,9,10,11). The lowest BCUT2D eigenvalue weighted by Crippen LogP contribution is -2.36. The third-order valence-electron chi connectivity index (χ3n) is 0.789. The number of carbonyl (C=O) groups is 2. The van der Waals surface area contributed by atoms with Crippen LogP contribution in [0.5, 0.6) is 0 Å². The van der Waals surface area contributed by atoms with Crippen LogP contribution in [0, 0.1) is 0 Å². The quantitative estimate of drug-likeness (QED) is 0.670. The van der Waals surface area contributed by atoms with E-state index in [-0.39, 0.29) is 6.07 Å². The van der Waals surface area contributed by atoms with Crippen molar-refractivity contribution in [3.05, 3.63) is 0 Å². The highest BCUT2D eigenvalue weighted by atomic mass is 35.5. The lowest BCUT2D eigenvalue weighted by atomic mass is 10.2. The highest BCUT2D eigenvalue weighted by Crippen LogP contribution is 2.06. The second-order valence-electron chi connectivity index (χ2n) is 3.17. The lowest BCUT2D eigenvalue weighted by Gasteiger charge is -2.18. The van der Waals surface area contributed by atoms with Crippen molar-refractivity contribution in [2.45, 2.75) is 26.4 Å². The molecule has 0 aromatic carbocycles. The van der Waals surface area contributed by atoms with Crippen molar-refractivity contribution in [2.75, 3.05) is 6.07 Å². The van der Waals surface area contributed by atoms with Crippen LogP contribution in [0.4, 0.5) is 9.59 Å². The number of alkyl halides is 1. The summed E-state index contributed by atoms with van der Waals surface area (Å²) in [4.78, 5) is 21.5. The van der Waals surface area contributed by atoms with Gasteiger partial charge in [0.2, 0.25) is 0 Å². The van der Waals surface area contributed by atoms with Gasteiger partial charge < -0.3 is 9.47 Å². The van der Waals surface area contributed by atoms with Gasteiger partial charge in [-0.15, -0.1) is 0 Å². The Bertz CT molecular complexity index is 199. The number of imide groups is 1. The van der Waals surface area contributed by atoms with E-state index in [4.69, 9.17) is 16.3 Å². The number of carbonyl (C=O) groups excluding carboxylic acids is 2. The molecule has 0 atom stereocenters. The maximum atomic E-state index is 10.9. The molecule has 0 saturated heterocycles. The van der Waals surface area contributed by atoms with Crippen molar-refractivity contribution in [2.24, 2.45) is 0 Å². The van der Waals surface area contributed by atoms with Gasteiger partial charge in [0, 0.05) is 0 Å². The van der Waals surface area contributed by atoms with E-state index in [0.717, 1.165) is 0 Å². The molecule has 6 heteroatoms. The third-order valence-corrected chi connectivity index (χ3v) is 0.898. The fraction of sp³-hybridized carbons (Fsp3) is 0.714. The third kappa shape index (κ3) is 7.39. The summed E-state index contributed by atoms with van der Waals surface area (Å²) in [6.45, 7) is 5.04. The first kappa shape index (κ1) is 12.0. The molecule has 0 rings (SSSR count). The molecule has 0 bridgehead atoms. The lowest BCUT2D eigenvalue weighted by molar-refractivity contribution is 0.0519. The molecule has 13 heavy (non-hydrogen) atoms. The monoisotopic (exact) mass is 209 g/mol. The van der Waals surface area contributed by atoms with Crippen LogP contribution in [-0.4, -0.2) is 23.9 Å². The number of amides is 2. The van der Waals surface area contributed by atoms with Crippen LogP contribution in [0.25, 0.3) is 0 Å². The smallest absolute Gasteiger partial charge is 0.417 e. The number of rotatable bonds is 1. The predicted molar refractivity (Wildman–Crippen MR) is 46.6 cm³/mol. The van der Waals surface area contributed by atoms with Gasteiger partial charge in [0.1, 0.15) is 5.60 Å². The maximum absolute atomic E-state index is 10.9. The van der Waals surface area contributed by atoms with E-state index in [1.54, 1.807) is 20.8 Å². The van der Waals surface area contributed by atoms with Crippen LogP contribution >= 0.6 is 11.6 Å². The van der Waals surface area contributed by atoms with Gasteiger partial charge in [0.05, 0.1) is 0 Å². The number of hydrogen-bond acceptors (Lipinski definition) is 4. The SMILES string of the molecule is CC(C)(C)OC(=O)NC(=O)OCCl. The van der Waals surface area contributed by atoms with E-state index in [0.29, 0.717) is 0 Å². The molecule has 0 aliphatic carbocycles. The number of alkyl carbamates (subject to hydrolysis) is 2. The van der Waals surface area contributed by atoms with Gasteiger partial charge in [-0.2, -0.15) is 0 Å². The van der Waals surface area contributed by atoms with Crippen molar-refractivity contribution in [1.29, 1.82) is 0 Å². The highest BCUT2D eigenvalue weighted by Gasteiger charge is 2.18. The minimum Gasteiger partial charge on any atom is -0.443 e. The number of hydrogen-bond donors (Lipinski definition) is 1. The highest BCUT2D eigenvalue weighted by molar-refractivity contribution is 6.17. The topological polar surface area (TPSA) is 64.6 Å². The molecular weight excluding hydrogens is 198 g/mol. The average Bonchev–Trinajstić information content (AvgIpc) is 1.81. The average molecular weight is 210 g/mol. The molecule has 76 valence electrons. The Kier molecular flexibility index (Phi) is 4.55. The molecule has 5 nitrogen and oxygen atoms in total. The molecule has 0 fully saturated rings. The molecular formula is C7H12ClNO4. The summed E-state index contributed by atoms with van der Waals surface area (Å²) in [6, 6.07) is -0.311. The van der Waals surface area contributed by atoms with Crippen molar-refractivity contribution >= 4 is 23.8 Å². The molecule has 2 amide bonds. The van der Waals surface area contributed by atoms with E-state index in [1.807, 2.05) is 5.32 Å². The van der Waals surface area contributed by atoms with Gasteiger partial charge >= 0.3 is 12.2 Å². The van der Waals surface area contributed by atoms with E-state index in [9.17, 15) is 9.59 Å². The molecule has 1 N–H and O–H groups in total. The summed E-state index contributed by atoms with van der Waals surface area (Å²) in [6.07, 6.45) is -1.79. The van der Waals surface area contributed by atoms with Gasteiger partial charge in [0.25, 0.3) is 0 Å².